The van der Waals surface area contributed by atoms with E-state index in [2.05, 4.69) is 42.4 Å². The van der Waals surface area contributed by atoms with Crippen LogP contribution in [0.4, 0.5) is 16.3 Å². The van der Waals surface area contributed by atoms with Gasteiger partial charge in [0, 0.05) is 75.4 Å². The van der Waals surface area contributed by atoms with E-state index in [1.54, 1.807) is 30.2 Å². The number of nitrogens with one attached hydrogen (secondary N) is 3. The molecule has 15 heteroatoms. The Bertz CT molecular complexity index is 2390. The molecule has 0 bridgehead atoms. The SMILES string of the molecule is C1CC1.COC1CN(CC2CCC(n3cc4cc(C(=O)Nc5ccc[nH]c5=O)c(OC(C)C)cc4n3)CC2)CCC1c1ccc2c(N3CCC(=O)NC3=O)nn(C)c2c1. The van der Waals surface area contributed by atoms with E-state index in [1.165, 1.54) is 31.0 Å². The van der Waals surface area contributed by atoms with Crippen LogP contribution in [0, 0.1) is 5.92 Å². The first-order chi connectivity index (χ1) is 28.5. The van der Waals surface area contributed by atoms with Crippen LogP contribution < -0.4 is 25.8 Å². The molecule has 0 radical (unpaired) electrons. The number of carbonyl (C=O) groups is 3. The van der Waals surface area contributed by atoms with Crippen molar-refractivity contribution in [3.8, 4) is 5.75 Å². The summed E-state index contributed by atoms with van der Waals surface area (Å²) in [5.74, 6) is 1.13. The Morgan fingerprint density at radius 1 is 0.983 bits per heavy atom. The summed E-state index contributed by atoms with van der Waals surface area (Å²) in [7, 11) is 3.69. The molecule has 4 aliphatic rings. The molecule has 15 nitrogen and oxygen atoms in total. The minimum absolute atomic E-state index is 0.0468. The fourth-order valence-electron chi connectivity index (χ4n) is 8.67. The topological polar surface area (TPSA) is 169 Å². The number of aromatic amines is 1. The summed E-state index contributed by atoms with van der Waals surface area (Å²) in [5, 5.41) is 16.5. The van der Waals surface area contributed by atoms with E-state index in [1.807, 2.05) is 43.9 Å². The maximum absolute atomic E-state index is 13.4. The largest absolute Gasteiger partial charge is 0.490 e. The van der Waals surface area contributed by atoms with Crippen LogP contribution in [0.5, 0.6) is 5.75 Å². The molecule has 59 heavy (non-hydrogen) atoms. The predicted octanol–water partition coefficient (Wildman–Crippen LogP) is 6.50. The van der Waals surface area contributed by atoms with Crippen molar-refractivity contribution < 1.29 is 23.9 Å². The van der Waals surface area contributed by atoms with Gasteiger partial charge in [0.05, 0.1) is 34.8 Å². The number of rotatable bonds is 10. The number of piperidine rings is 1. The highest BCUT2D eigenvalue weighted by molar-refractivity contribution is 6.09. The van der Waals surface area contributed by atoms with Crippen LogP contribution in [0.3, 0.4) is 0 Å². The van der Waals surface area contributed by atoms with Crippen LogP contribution >= 0.6 is 0 Å². The summed E-state index contributed by atoms with van der Waals surface area (Å²) >= 11 is 0. The number of amides is 4. The maximum atomic E-state index is 13.4. The lowest BCUT2D eigenvalue weighted by Crippen LogP contribution is -2.49. The molecule has 2 aromatic carbocycles. The summed E-state index contributed by atoms with van der Waals surface area (Å²) in [6.07, 6.45) is 13.4. The highest BCUT2D eigenvalue weighted by Gasteiger charge is 2.34. The van der Waals surface area contributed by atoms with Gasteiger partial charge in [0.1, 0.15) is 11.4 Å². The Balaban J connectivity index is 0.00000154. The molecule has 5 heterocycles. The van der Waals surface area contributed by atoms with Crippen LogP contribution in [0.25, 0.3) is 21.8 Å². The standard InChI is InChI=1S/C41H49N9O6.C3H6/c1-24(2)56-35-20-33-27(18-31(35)39(52)43-32-6-5-15-42-40(32)53)22-50(45-33)28-10-7-25(8-11-28)21-48-16-13-29(36(23-48)55-4)26-9-12-30-34(19-26)47(3)46-38(30)49-17-14-37(51)44-41(49)54;1-2-3-1/h5-6,9,12,15,18-20,22,24-25,28-29,36H,7-8,10-11,13-14,16-17,21,23H2,1-4H3,(H,42,53)(H,43,52)(H,44,51,54);1-3H2. The Hall–Kier alpha value is -5.54. The first-order valence-electron chi connectivity index (χ1n) is 21.1. The van der Waals surface area contributed by atoms with Gasteiger partial charge >= 0.3 is 6.03 Å². The molecule has 0 spiro atoms. The summed E-state index contributed by atoms with van der Waals surface area (Å²) in [6, 6.07) is 13.0. The first-order valence-corrected chi connectivity index (χ1v) is 21.1. The van der Waals surface area contributed by atoms with E-state index in [4.69, 9.17) is 14.6 Å². The fourth-order valence-corrected chi connectivity index (χ4v) is 8.67. The molecule has 2 unspecified atom stereocenters. The van der Waals surface area contributed by atoms with E-state index >= 15 is 0 Å². The summed E-state index contributed by atoms with van der Waals surface area (Å²) < 4.78 is 16.0. The molecule has 2 saturated carbocycles. The average Bonchev–Trinajstić information content (AvgIpc) is 4.00. The van der Waals surface area contributed by atoms with E-state index in [-0.39, 0.29) is 47.7 Å². The molecule has 2 saturated heterocycles. The van der Waals surface area contributed by atoms with Crippen LogP contribution in [-0.2, 0) is 16.6 Å². The normalized spacial score (nSPS) is 22.3. The Morgan fingerprint density at radius 3 is 2.49 bits per heavy atom. The lowest BCUT2D eigenvalue weighted by molar-refractivity contribution is -0.120. The number of hydrogen-bond donors (Lipinski definition) is 3. The minimum Gasteiger partial charge on any atom is -0.490 e. The van der Waals surface area contributed by atoms with Gasteiger partial charge in [-0.25, -0.2) is 4.79 Å². The number of urea groups is 1. The molecule has 5 aromatic rings. The number of fused-ring (bicyclic) bond motifs is 2. The lowest BCUT2D eigenvalue weighted by atomic mass is 9.83. The van der Waals surface area contributed by atoms with Gasteiger partial charge in [-0.15, -0.1) is 0 Å². The smallest absolute Gasteiger partial charge is 0.329 e. The molecule has 3 aromatic heterocycles. The number of likely N-dealkylation sites (tertiary alicyclic amines) is 1. The fraction of sp³-hybridized carbons (Fsp3) is 0.500. The van der Waals surface area contributed by atoms with Gasteiger partial charge in [-0.1, -0.05) is 25.3 Å². The molecule has 9 rings (SSSR count). The Labute approximate surface area is 343 Å². The quantitative estimate of drug-likeness (QED) is 0.143. The van der Waals surface area contributed by atoms with Gasteiger partial charge in [0.2, 0.25) is 5.91 Å². The zero-order valence-electron chi connectivity index (χ0n) is 34.4. The molecule has 2 aliphatic carbocycles. The highest BCUT2D eigenvalue weighted by Crippen LogP contribution is 2.38. The number of hydrogen-bond acceptors (Lipinski definition) is 9. The van der Waals surface area contributed by atoms with Gasteiger partial charge in [0.15, 0.2) is 5.82 Å². The van der Waals surface area contributed by atoms with Gasteiger partial charge < -0.3 is 24.7 Å². The van der Waals surface area contributed by atoms with Crippen LogP contribution in [0.1, 0.15) is 99.5 Å². The number of imide groups is 1. The first kappa shape index (κ1) is 40.2. The van der Waals surface area contributed by atoms with Crippen molar-refractivity contribution >= 4 is 51.2 Å². The predicted molar refractivity (Wildman–Crippen MR) is 226 cm³/mol. The van der Waals surface area contributed by atoms with E-state index in [0.717, 1.165) is 73.5 Å². The van der Waals surface area contributed by atoms with Crippen molar-refractivity contribution in [1.82, 2.24) is 34.8 Å². The van der Waals surface area contributed by atoms with Crippen molar-refractivity contribution in [2.24, 2.45) is 13.0 Å². The molecule has 2 atom stereocenters. The second-order valence-electron chi connectivity index (χ2n) is 16.7. The van der Waals surface area contributed by atoms with Crippen molar-refractivity contribution in [3.63, 3.8) is 0 Å². The second-order valence-corrected chi connectivity index (χ2v) is 16.7. The monoisotopic (exact) mass is 805 g/mol. The van der Waals surface area contributed by atoms with Crippen molar-refractivity contribution in [2.45, 2.75) is 95.8 Å². The van der Waals surface area contributed by atoms with Gasteiger partial charge in [-0.05, 0) is 94.3 Å². The zero-order valence-corrected chi connectivity index (χ0v) is 34.4. The number of aromatic nitrogens is 5. The van der Waals surface area contributed by atoms with Crippen LogP contribution in [-0.4, -0.2) is 92.8 Å². The Kier molecular flexibility index (Phi) is 11.8. The number of methoxy groups -OCH3 is 1. The number of pyridine rings is 1. The third kappa shape index (κ3) is 9.05. The zero-order chi connectivity index (χ0) is 41.2. The second kappa shape index (κ2) is 17.4. The van der Waals surface area contributed by atoms with Crippen molar-refractivity contribution in [2.75, 3.05) is 43.5 Å². The van der Waals surface area contributed by atoms with Gasteiger partial charge in [-0.3, -0.25) is 34.0 Å². The van der Waals surface area contributed by atoms with Gasteiger partial charge in [0.25, 0.3) is 11.5 Å². The third-order valence-corrected chi connectivity index (χ3v) is 11.9. The van der Waals surface area contributed by atoms with E-state index < -0.39 is 11.9 Å². The number of anilines is 2. The van der Waals surface area contributed by atoms with Crippen LogP contribution in [0.15, 0.2) is 59.7 Å². The third-order valence-electron chi connectivity index (χ3n) is 11.9. The number of H-pyrrole nitrogens is 1. The molecule has 3 N–H and O–H groups in total. The number of nitrogens with zero attached hydrogens (tertiary/aromatic N) is 6. The average molecular weight is 806 g/mol. The minimum atomic E-state index is -0.437. The number of aryl methyl sites for hydroxylation is 1. The molecular weight excluding hydrogens is 751 g/mol. The summed E-state index contributed by atoms with van der Waals surface area (Å²) in [6.45, 7) is 7.01. The summed E-state index contributed by atoms with van der Waals surface area (Å²) in [5.41, 5.74) is 3.06. The molecule has 312 valence electrons. The maximum Gasteiger partial charge on any atom is 0.329 e. The molecule has 4 fully saturated rings. The lowest BCUT2D eigenvalue weighted by Gasteiger charge is -2.40. The van der Waals surface area contributed by atoms with Crippen LogP contribution in [0.2, 0.25) is 0 Å². The summed E-state index contributed by atoms with van der Waals surface area (Å²) in [4.78, 5) is 56.5. The Morgan fingerprint density at radius 2 is 1.78 bits per heavy atom. The molecule has 2 aliphatic heterocycles. The highest BCUT2D eigenvalue weighted by atomic mass is 16.5. The van der Waals surface area contributed by atoms with Crippen molar-refractivity contribution in [3.05, 3.63) is 76.3 Å². The number of ether oxygens (including phenoxy) is 2. The van der Waals surface area contributed by atoms with E-state index in [9.17, 15) is 19.2 Å². The number of carbonyl (C=O) groups excluding carboxylic acids is 3. The van der Waals surface area contributed by atoms with Crippen molar-refractivity contribution in [1.29, 1.82) is 0 Å². The molecule has 4 amide bonds. The number of benzene rings is 2. The van der Waals surface area contributed by atoms with Gasteiger partial charge in [-0.2, -0.15) is 10.2 Å². The van der Waals surface area contributed by atoms with E-state index in [0.29, 0.717) is 29.6 Å². The molecular formula is C44H55N9O6.